The topological polar surface area (TPSA) is 3.24 Å². The van der Waals surface area contributed by atoms with Crippen molar-refractivity contribution in [3.05, 3.63) is 29.8 Å². The van der Waals surface area contributed by atoms with Crippen LogP contribution in [0, 0.1) is 0 Å². The number of hydrogen-bond donors (Lipinski definition) is 0. The Morgan fingerprint density at radius 2 is 1.52 bits per heavy atom. The highest BCUT2D eigenvalue weighted by molar-refractivity contribution is 8.16. The van der Waals surface area contributed by atoms with E-state index >= 15 is 0 Å². The minimum Gasteiger partial charge on any atom is -0.372 e. The molecule has 1 aliphatic rings. The molecular weight excluding hydrogens is 294 g/mol. The third-order valence-corrected chi connectivity index (χ3v) is 6.94. The van der Waals surface area contributed by atoms with Gasteiger partial charge < -0.3 is 4.90 Å². The molecule has 0 aliphatic carbocycles. The van der Waals surface area contributed by atoms with Gasteiger partial charge >= 0.3 is 0 Å². The van der Waals surface area contributed by atoms with Crippen LogP contribution in [0.1, 0.15) is 56.1 Å². The first-order valence-corrected chi connectivity index (χ1v) is 10.5. The molecule has 1 nitrogen and oxygen atoms in total. The molecular formula is C18H29NS2. The highest BCUT2D eigenvalue weighted by Crippen LogP contribution is 2.43. The van der Waals surface area contributed by atoms with Crippen molar-refractivity contribution in [2.45, 2.75) is 50.5 Å². The second kappa shape index (κ2) is 9.68. The van der Waals surface area contributed by atoms with Crippen LogP contribution in [0.15, 0.2) is 24.3 Å². The average Bonchev–Trinajstić information content (AvgIpc) is 2.56. The molecule has 0 atom stereocenters. The molecule has 118 valence electrons. The zero-order chi connectivity index (χ0) is 14.9. The highest BCUT2D eigenvalue weighted by Gasteiger charge is 2.16. The second-order valence-corrected chi connectivity index (χ2v) is 8.44. The number of thioether (sulfide) groups is 2. The molecule has 2 rings (SSSR count). The molecule has 1 aliphatic heterocycles. The fourth-order valence-electron chi connectivity index (χ4n) is 2.59. The Bertz CT molecular complexity index is 377. The van der Waals surface area contributed by atoms with E-state index in [0.717, 1.165) is 0 Å². The van der Waals surface area contributed by atoms with Gasteiger partial charge in [-0.1, -0.05) is 38.8 Å². The molecule has 3 heteroatoms. The van der Waals surface area contributed by atoms with Crippen LogP contribution >= 0.6 is 23.5 Å². The highest BCUT2D eigenvalue weighted by atomic mass is 32.2. The lowest BCUT2D eigenvalue weighted by Gasteiger charge is -2.26. The van der Waals surface area contributed by atoms with Crippen LogP contribution in [0.5, 0.6) is 0 Å². The maximum Gasteiger partial charge on any atom is 0.0751 e. The Labute approximate surface area is 139 Å². The lowest BCUT2D eigenvalue weighted by atomic mass is 10.2. The van der Waals surface area contributed by atoms with Gasteiger partial charge in [-0.05, 0) is 48.5 Å². The lowest BCUT2D eigenvalue weighted by Crippen LogP contribution is -2.25. The molecule has 1 saturated heterocycles. The summed E-state index contributed by atoms with van der Waals surface area (Å²) in [6.07, 6.45) is 6.50. The smallest absolute Gasteiger partial charge is 0.0751 e. The van der Waals surface area contributed by atoms with Gasteiger partial charge in [-0.3, -0.25) is 0 Å². The zero-order valence-corrected chi connectivity index (χ0v) is 15.1. The van der Waals surface area contributed by atoms with Gasteiger partial charge in [0.05, 0.1) is 4.58 Å². The summed E-state index contributed by atoms with van der Waals surface area (Å²) in [5.74, 6) is 2.64. The van der Waals surface area contributed by atoms with Crippen molar-refractivity contribution in [2.24, 2.45) is 0 Å². The number of anilines is 1. The summed E-state index contributed by atoms with van der Waals surface area (Å²) < 4.78 is 0.660. The zero-order valence-electron chi connectivity index (χ0n) is 13.5. The van der Waals surface area contributed by atoms with Crippen molar-refractivity contribution >= 4 is 29.2 Å². The lowest BCUT2D eigenvalue weighted by molar-refractivity contribution is 0.678. The first-order valence-electron chi connectivity index (χ1n) is 8.43. The van der Waals surface area contributed by atoms with Crippen LogP contribution in [0.3, 0.4) is 0 Å². The van der Waals surface area contributed by atoms with Gasteiger partial charge in [0, 0.05) is 18.8 Å². The Kier molecular flexibility index (Phi) is 7.87. The van der Waals surface area contributed by atoms with Gasteiger partial charge in [0.1, 0.15) is 0 Å². The third kappa shape index (κ3) is 5.45. The van der Waals surface area contributed by atoms with Crippen LogP contribution in [-0.2, 0) is 0 Å². The molecule has 1 fully saturated rings. The number of unbranched alkanes of at least 4 members (excludes halogenated alkanes) is 2. The first kappa shape index (κ1) is 17.1. The Morgan fingerprint density at radius 3 is 2.05 bits per heavy atom. The van der Waals surface area contributed by atoms with Crippen molar-refractivity contribution in [1.82, 2.24) is 0 Å². The third-order valence-electron chi connectivity index (χ3n) is 3.92. The summed E-state index contributed by atoms with van der Waals surface area (Å²) in [7, 11) is 0. The number of nitrogens with zero attached hydrogens (tertiary/aromatic N) is 1. The second-order valence-electron chi connectivity index (χ2n) is 5.71. The summed E-state index contributed by atoms with van der Waals surface area (Å²) >= 11 is 4.22. The standard InChI is InChI=1S/C18H29NS2/c1-3-5-12-19(13-6-4-2)17-10-8-16(9-11-17)18-20-14-7-15-21-18/h8-11,18H,3-7,12-15H2,1-2H3. The van der Waals surface area contributed by atoms with Crippen molar-refractivity contribution < 1.29 is 0 Å². The fourth-order valence-corrected chi connectivity index (χ4v) is 5.48. The number of rotatable bonds is 8. The van der Waals surface area contributed by atoms with Gasteiger partial charge in [-0.15, -0.1) is 23.5 Å². The Balaban J connectivity index is 1.99. The Hall–Kier alpha value is -0.280. The summed E-state index contributed by atoms with van der Waals surface area (Å²) in [6, 6.07) is 9.40. The van der Waals surface area contributed by atoms with Gasteiger partial charge in [0.25, 0.3) is 0 Å². The summed E-state index contributed by atoms with van der Waals surface area (Å²) in [4.78, 5) is 2.57. The Morgan fingerprint density at radius 1 is 0.952 bits per heavy atom. The predicted octanol–water partition coefficient (Wildman–Crippen LogP) is 5.96. The molecule has 0 spiro atoms. The van der Waals surface area contributed by atoms with Crippen LogP contribution in [0.4, 0.5) is 5.69 Å². The van der Waals surface area contributed by atoms with Crippen molar-refractivity contribution in [3.8, 4) is 0 Å². The average molecular weight is 324 g/mol. The van der Waals surface area contributed by atoms with E-state index in [9.17, 15) is 0 Å². The van der Waals surface area contributed by atoms with Crippen LogP contribution < -0.4 is 4.90 Å². The summed E-state index contributed by atoms with van der Waals surface area (Å²) in [5, 5.41) is 0. The van der Waals surface area contributed by atoms with Crippen molar-refractivity contribution in [2.75, 3.05) is 29.5 Å². The molecule has 0 saturated carbocycles. The van der Waals surface area contributed by atoms with Crippen LogP contribution in [0.25, 0.3) is 0 Å². The predicted molar refractivity (Wildman–Crippen MR) is 101 cm³/mol. The van der Waals surface area contributed by atoms with E-state index in [4.69, 9.17) is 0 Å². The molecule has 0 unspecified atom stereocenters. The minimum atomic E-state index is 0.660. The molecule has 0 amide bonds. The van der Waals surface area contributed by atoms with Gasteiger partial charge in [0.2, 0.25) is 0 Å². The van der Waals surface area contributed by atoms with Gasteiger partial charge in [0.15, 0.2) is 0 Å². The molecule has 1 heterocycles. The van der Waals surface area contributed by atoms with E-state index in [1.165, 1.54) is 68.0 Å². The maximum absolute atomic E-state index is 2.57. The van der Waals surface area contributed by atoms with Crippen molar-refractivity contribution in [1.29, 1.82) is 0 Å². The van der Waals surface area contributed by atoms with E-state index < -0.39 is 0 Å². The number of benzene rings is 1. The monoisotopic (exact) mass is 323 g/mol. The molecule has 0 bridgehead atoms. The molecule has 0 radical (unpaired) electrons. The quantitative estimate of drug-likeness (QED) is 0.581. The van der Waals surface area contributed by atoms with E-state index in [-0.39, 0.29) is 0 Å². The first-order chi connectivity index (χ1) is 10.3. The van der Waals surface area contributed by atoms with Crippen LogP contribution in [0.2, 0.25) is 0 Å². The van der Waals surface area contributed by atoms with E-state index in [2.05, 4.69) is 66.5 Å². The van der Waals surface area contributed by atoms with E-state index in [1.807, 2.05) is 0 Å². The molecule has 21 heavy (non-hydrogen) atoms. The van der Waals surface area contributed by atoms with E-state index in [1.54, 1.807) is 0 Å². The maximum atomic E-state index is 2.57. The molecule has 1 aromatic rings. The fraction of sp³-hybridized carbons (Fsp3) is 0.667. The minimum absolute atomic E-state index is 0.660. The largest absolute Gasteiger partial charge is 0.372 e. The molecule has 1 aromatic carbocycles. The normalized spacial score (nSPS) is 16.1. The molecule has 0 aromatic heterocycles. The van der Waals surface area contributed by atoms with Gasteiger partial charge in [-0.2, -0.15) is 0 Å². The van der Waals surface area contributed by atoms with Gasteiger partial charge in [-0.25, -0.2) is 0 Å². The summed E-state index contributed by atoms with van der Waals surface area (Å²) in [6.45, 7) is 6.95. The molecule has 0 N–H and O–H groups in total. The summed E-state index contributed by atoms with van der Waals surface area (Å²) in [5.41, 5.74) is 2.91. The SMILES string of the molecule is CCCCN(CCCC)c1ccc(C2SCCCS2)cc1. The van der Waals surface area contributed by atoms with E-state index in [0.29, 0.717) is 4.58 Å². The van der Waals surface area contributed by atoms with Crippen LogP contribution in [-0.4, -0.2) is 24.6 Å². The van der Waals surface area contributed by atoms with Crippen molar-refractivity contribution in [3.63, 3.8) is 0 Å². The number of hydrogen-bond acceptors (Lipinski definition) is 3.